The minimum Gasteiger partial charge on any atom is -0.489 e. The molecular formula is C35H43FNO13P. The molecule has 3 saturated carbocycles. The van der Waals surface area contributed by atoms with Crippen LogP contribution in [0.2, 0.25) is 0 Å². The van der Waals surface area contributed by atoms with Crippen molar-refractivity contribution in [1.29, 1.82) is 0 Å². The smallest absolute Gasteiger partial charge is 0.472 e. The molecule has 0 radical (unpaired) electrons. The number of fused-ring (bicyclic) bond motifs is 5. The van der Waals surface area contributed by atoms with Gasteiger partial charge in [-0.3, -0.25) is 33.0 Å². The lowest BCUT2D eigenvalue weighted by atomic mass is 9.44. The van der Waals surface area contributed by atoms with Crippen LogP contribution in [0.1, 0.15) is 53.4 Å². The molecule has 3 fully saturated rings. The van der Waals surface area contributed by atoms with Gasteiger partial charge in [0.15, 0.2) is 18.1 Å². The van der Waals surface area contributed by atoms with Crippen LogP contribution in [-0.2, 0) is 51.8 Å². The molecule has 0 bridgehead atoms. The number of Topliss-reactive ketones (excluding diaryl/α,β-unsaturated/α-hetero) is 3. The molecule has 0 aromatic heterocycles. The van der Waals surface area contributed by atoms with Crippen molar-refractivity contribution in [2.75, 3.05) is 27.4 Å². The Balaban J connectivity index is 1.47. The van der Waals surface area contributed by atoms with Crippen LogP contribution in [0.15, 0.2) is 58.7 Å². The van der Waals surface area contributed by atoms with E-state index in [1.54, 1.807) is 20.8 Å². The molecule has 5 aliphatic carbocycles. The summed E-state index contributed by atoms with van der Waals surface area (Å²) < 4.78 is 57.8. The maximum atomic E-state index is 18.4. The van der Waals surface area contributed by atoms with Gasteiger partial charge in [-0.25, -0.2) is 8.96 Å². The Morgan fingerprint density at radius 2 is 1.76 bits per heavy atom. The molecule has 0 spiro atoms. The number of alkyl halides is 1. The van der Waals surface area contributed by atoms with Gasteiger partial charge in [0.05, 0.1) is 32.1 Å². The molecule has 0 aromatic rings. The Morgan fingerprint density at radius 3 is 2.39 bits per heavy atom. The van der Waals surface area contributed by atoms with E-state index in [1.807, 2.05) is 0 Å². The number of phosphoric ester groups is 1. The van der Waals surface area contributed by atoms with Gasteiger partial charge in [-0.1, -0.05) is 37.6 Å². The maximum absolute atomic E-state index is 18.4. The molecule has 16 heteroatoms. The fourth-order valence-corrected chi connectivity index (χ4v) is 10.1. The molecule has 0 heterocycles. The number of hydrogen-bond donors (Lipinski definition) is 3. The second-order valence-electron chi connectivity index (χ2n) is 14.2. The molecule has 1 unspecified atom stereocenters. The first kappa shape index (κ1) is 38.5. The lowest BCUT2D eigenvalue weighted by molar-refractivity contribution is -0.216. The van der Waals surface area contributed by atoms with Gasteiger partial charge < -0.3 is 29.9 Å². The first-order chi connectivity index (χ1) is 23.7. The van der Waals surface area contributed by atoms with Crippen LogP contribution >= 0.6 is 7.82 Å². The largest absolute Gasteiger partial charge is 0.489 e. The molecule has 0 amide bonds. The number of esters is 1. The van der Waals surface area contributed by atoms with E-state index in [9.17, 15) is 38.5 Å². The fraction of sp³-hybridized carbons (Fsp3) is 0.571. The van der Waals surface area contributed by atoms with Gasteiger partial charge in [-0.15, -0.1) is 0 Å². The molecule has 51 heavy (non-hydrogen) atoms. The Hall–Kier alpha value is -3.75. The average molecular weight is 736 g/mol. The summed E-state index contributed by atoms with van der Waals surface area (Å²) >= 11 is 0. The first-order valence-corrected chi connectivity index (χ1v) is 18.0. The molecule has 9 atom stereocenters. The third-order valence-electron chi connectivity index (χ3n) is 11.7. The lowest BCUT2D eigenvalue weighted by Crippen LogP contribution is -2.69. The number of methoxy groups -OCH3 is 2. The van der Waals surface area contributed by atoms with Gasteiger partial charge in [0.2, 0.25) is 28.9 Å². The van der Waals surface area contributed by atoms with Crippen molar-refractivity contribution in [2.45, 2.75) is 70.8 Å². The summed E-state index contributed by atoms with van der Waals surface area (Å²) in [6.07, 6.45) is 4.82. The highest BCUT2D eigenvalue weighted by atomic mass is 31.2. The Kier molecular flexibility index (Phi) is 10.1. The van der Waals surface area contributed by atoms with Crippen LogP contribution in [0.5, 0.6) is 0 Å². The number of rotatable bonds is 11. The van der Waals surface area contributed by atoms with Gasteiger partial charge in [0, 0.05) is 23.7 Å². The van der Waals surface area contributed by atoms with E-state index >= 15 is 4.39 Å². The number of phosphoric acid groups is 1. The van der Waals surface area contributed by atoms with Gasteiger partial charge in [-0.05, 0) is 56.6 Å². The second-order valence-corrected chi connectivity index (χ2v) is 15.6. The van der Waals surface area contributed by atoms with E-state index in [0.717, 1.165) is 26.2 Å². The van der Waals surface area contributed by atoms with Crippen molar-refractivity contribution in [3.63, 3.8) is 0 Å². The summed E-state index contributed by atoms with van der Waals surface area (Å²) in [5, 5.41) is 12.2. The van der Waals surface area contributed by atoms with E-state index in [2.05, 4.69) is 0 Å². The van der Waals surface area contributed by atoms with Crippen molar-refractivity contribution < 1.29 is 66.2 Å². The number of ether oxygens (including phenoxy) is 3. The molecule has 5 rings (SSSR count). The van der Waals surface area contributed by atoms with Gasteiger partial charge >= 0.3 is 13.8 Å². The van der Waals surface area contributed by atoms with Crippen molar-refractivity contribution in [3.05, 3.63) is 58.7 Å². The highest BCUT2D eigenvalue weighted by Gasteiger charge is 2.76. The summed E-state index contributed by atoms with van der Waals surface area (Å²) in [6, 6.07) is 0. The molecule has 4 N–H and O–H groups in total. The van der Waals surface area contributed by atoms with E-state index < -0.39 is 102 Å². The standard InChI is InChI=1S/C35H43FNO13P/c1-18-14-24-23-10-9-20-15-21(39)11-12-32(20,3)34(23,36)26(16-33(24,4)35(18,43)25(40)17-48-19(2)38)50-51(44,45)49-13-7-8-22-27(37)29(42)31(47-6)30(46-5)28(22)41/h7-8,11-12,15,18,23-24,26,43H,9-10,13-14,16-17,37H2,1-6H3,(H,44,45)/b8-7+/t18-,23-,24+,26-,32-,33-,34+,35-/m0/s1. The highest BCUT2D eigenvalue weighted by molar-refractivity contribution is 7.47. The molecule has 278 valence electrons. The summed E-state index contributed by atoms with van der Waals surface area (Å²) in [6.45, 7) is 4.59. The fourth-order valence-electron chi connectivity index (χ4n) is 9.22. The van der Waals surface area contributed by atoms with E-state index in [0.29, 0.717) is 12.0 Å². The summed E-state index contributed by atoms with van der Waals surface area (Å²) in [5.41, 5.74) is -1.82. The number of aliphatic hydroxyl groups is 1. The van der Waals surface area contributed by atoms with Crippen LogP contribution < -0.4 is 5.73 Å². The van der Waals surface area contributed by atoms with Crippen LogP contribution in [0, 0.1) is 28.6 Å². The molecule has 0 saturated heterocycles. The van der Waals surface area contributed by atoms with Crippen molar-refractivity contribution in [2.24, 2.45) is 34.3 Å². The van der Waals surface area contributed by atoms with E-state index in [-0.39, 0.29) is 35.7 Å². The van der Waals surface area contributed by atoms with E-state index in [1.165, 1.54) is 25.3 Å². The third kappa shape index (κ3) is 5.87. The minimum absolute atomic E-state index is 0.186. The zero-order chi connectivity index (χ0) is 37.9. The number of carbonyl (C=O) groups is 5. The number of halogens is 1. The number of nitrogens with two attached hydrogens (primary N) is 1. The van der Waals surface area contributed by atoms with Crippen LogP contribution in [-0.4, -0.2) is 83.9 Å². The van der Waals surface area contributed by atoms with Crippen LogP contribution in [0.3, 0.4) is 0 Å². The molecule has 0 aromatic carbocycles. The monoisotopic (exact) mass is 735 g/mol. The molecule has 0 aliphatic heterocycles. The third-order valence-corrected chi connectivity index (χ3v) is 12.7. The number of carbonyl (C=O) groups excluding carboxylic acids is 5. The summed E-state index contributed by atoms with van der Waals surface area (Å²) in [7, 11) is -2.83. The predicted octanol–water partition coefficient (Wildman–Crippen LogP) is 3.03. The number of allylic oxidation sites excluding steroid dienone is 6. The van der Waals surface area contributed by atoms with Crippen LogP contribution in [0.25, 0.3) is 0 Å². The lowest BCUT2D eigenvalue weighted by Gasteiger charge is -2.63. The maximum Gasteiger partial charge on any atom is 0.472 e. The summed E-state index contributed by atoms with van der Waals surface area (Å²) in [4.78, 5) is 74.0. The van der Waals surface area contributed by atoms with Crippen molar-refractivity contribution in [3.8, 4) is 0 Å². The van der Waals surface area contributed by atoms with Gasteiger partial charge in [0.25, 0.3) is 0 Å². The molecule has 14 nitrogen and oxygen atoms in total. The normalized spacial score (nSPS) is 37.4. The number of ketones is 4. The SMILES string of the molecule is COC1=C(OC)C(=O)C(/C=C/COP(=O)(O)O[C@H]2C[C@@]3(C)[C@H](C[C@H](C)[C@]3(O)C(=O)COC(C)=O)[C@@H]3CCC4=CC(=O)C=C[C@]4(C)[C@]23F)=C(N)C1=O. The molecular weight excluding hydrogens is 692 g/mol. The Bertz CT molecular complexity index is 1780. The highest BCUT2D eigenvalue weighted by Crippen LogP contribution is 2.72. The second kappa shape index (κ2) is 13.3. The average Bonchev–Trinajstić information content (AvgIpc) is 3.26. The quantitative estimate of drug-likeness (QED) is 0.158. The molecule has 5 aliphatic rings. The zero-order valence-electron chi connectivity index (χ0n) is 29.2. The van der Waals surface area contributed by atoms with Crippen LogP contribution in [0.4, 0.5) is 4.39 Å². The Labute approximate surface area is 294 Å². The van der Waals surface area contributed by atoms with Crippen molar-refractivity contribution >= 4 is 36.9 Å². The predicted molar refractivity (Wildman–Crippen MR) is 176 cm³/mol. The minimum atomic E-state index is -5.16. The number of hydrogen-bond acceptors (Lipinski definition) is 13. The van der Waals surface area contributed by atoms with E-state index in [4.69, 9.17) is 29.0 Å². The Morgan fingerprint density at radius 1 is 1.12 bits per heavy atom. The van der Waals surface area contributed by atoms with Crippen molar-refractivity contribution in [1.82, 2.24) is 0 Å². The zero-order valence-corrected chi connectivity index (χ0v) is 30.1. The summed E-state index contributed by atoms with van der Waals surface area (Å²) in [5.74, 6) is -6.44. The topological polar surface area (TPSA) is 215 Å². The van der Waals surface area contributed by atoms with Gasteiger partial charge in [0.1, 0.15) is 11.7 Å². The first-order valence-electron chi connectivity index (χ1n) is 16.5. The van der Waals surface area contributed by atoms with Gasteiger partial charge in [-0.2, -0.15) is 0 Å².